The van der Waals surface area contributed by atoms with Crippen LogP contribution in [0.5, 0.6) is 0 Å². The number of hydrogen-bond donors (Lipinski definition) is 1. The van der Waals surface area contributed by atoms with Crippen molar-refractivity contribution in [3.63, 3.8) is 0 Å². The molecule has 0 aromatic heterocycles. The molecule has 3 heteroatoms. The zero-order valence-corrected chi connectivity index (χ0v) is 13.0. The zero-order valence-electron chi connectivity index (χ0n) is 13.0. The highest BCUT2D eigenvalue weighted by Gasteiger charge is 2.27. The second kappa shape index (κ2) is 8.47. The van der Waals surface area contributed by atoms with E-state index in [0.29, 0.717) is 5.92 Å². The summed E-state index contributed by atoms with van der Waals surface area (Å²) < 4.78 is 28.4. The number of halogens is 2. The smallest absolute Gasteiger partial charge is 0.130 e. The first kappa shape index (κ1) is 16.4. The summed E-state index contributed by atoms with van der Waals surface area (Å²) in [5.41, 5.74) is 0.247. The Hall–Kier alpha value is -0.960. The Morgan fingerprint density at radius 2 is 1.62 bits per heavy atom. The predicted octanol–water partition coefficient (Wildman–Crippen LogP) is 5.37. The van der Waals surface area contributed by atoms with E-state index in [-0.39, 0.29) is 11.6 Å². The first-order valence-electron chi connectivity index (χ1n) is 8.41. The molecule has 0 saturated heterocycles. The number of nitrogens with one attached hydrogen (secondary N) is 1. The van der Waals surface area contributed by atoms with Crippen molar-refractivity contribution >= 4 is 0 Å². The van der Waals surface area contributed by atoms with Gasteiger partial charge in [-0.05, 0) is 43.9 Å². The summed E-state index contributed by atoms with van der Waals surface area (Å²) in [6.45, 7) is 2.88. The van der Waals surface area contributed by atoms with Gasteiger partial charge in [-0.1, -0.05) is 45.1 Å². The Bertz CT molecular complexity index is 405. The standard InChI is InChI=1S/C18H27F2N/c1-2-13-21-18(14-9-6-4-3-5-7-10-14)17-15(19)11-8-12-16(17)20/h8,11-12,14,18,21H,2-7,9-10,13H2,1H3. The van der Waals surface area contributed by atoms with Crippen LogP contribution >= 0.6 is 0 Å². The Morgan fingerprint density at radius 3 is 2.19 bits per heavy atom. The largest absolute Gasteiger partial charge is 0.310 e. The summed E-state index contributed by atoms with van der Waals surface area (Å²) in [5.74, 6) is -0.487. The highest BCUT2D eigenvalue weighted by atomic mass is 19.1. The maximum Gasteiger partial charge on any atom is 0.130 e. The van der Waals surface area contributed by atoms with Crippen molar-refractivity contribution in [2.75, 3.05) is 6.54 Å². The summed E-state index contributed by atoms with van der Waals surface area (Å²) in [7, 11) is 0. The van der Waals surface area contributed by atoms with Crippen molar-refractivity contribution in [3.05, 3.63) is 35.4 Å². The topological polar surface area (TPSA) is 12.0 Å². The summed E-state index contributed by atoms with van der Waals surface area (Å²) in [6, 6.07) is 4.01. The van der Waals surface area contributed by atoms with Crippen LogP contribution in [0.4, 0.5) is 8.78 Å². The highest BCUT2D eigenvalue weighted by Crippen LogP contribution is 2.35. The molecule has 0 amide bonds. The van der Waals surface area contributed by atoms with Gasteiger partial charge in [0.1, 0.15) is 11.6 Å². The number of hydrogen-bond acceptors (Lipinski definition) is 1. The molecule has 0 bridgehead atoms. The molecule has 1 nitrogen and oxygen atoms in total. The van der Waals surface area contributed by atoms with Crippen molar-refractivity contribution in [1.82, 2.24) is 5.32 Å². The van der Waals surface area contributed by atoms with E-state index in [1.807, 2.05) is 0 Å². The number of benzene rings is 1. The average molecular weight is 295 g/mol. The third kappa shape index (κ3) is 4.50. The van der Waals surface area contributed by atoms with Gasteiger partial charge in [-0.25, -0.2) is 8.78 Å². The Balaban J connectivity index is 2.23. The minimum atomic E-state index is -0.411. The lowest BCUT2D eigenvalue weighted by Gasteiger charge is -2.30. The lowest BCUT2D eigenvalue weighted by atomic mass is 9.82. The van der Waals surface area contributed by atoms with E-state index in [1.54, 1.807) is 0 Å². The molecule has 1 N–H and O–H groups in total. The van der Waals surface area contributed by atoms with Crippen LogP contribution in [0.2, 0.25) is 0 Å². The molecular formula is C18H27F2N. The molecule has 1 unspecified atom stereocenters. The van der Waals surface area contributed by atoms with Crippen LogP contribution < -0.4 is 5.32 Å². The minimum absolute atomic E-state index is 0.191. The fourth-order valence-corrected chi connectivity index (χ4v) is 3.43. The predicted molar refractivity (Wildman–Crippen MR) is 83.2 cm³/mol. The van der Waals surface area contributed by atoms with E-state index in [4.69, 9.17) is 0 Å². The summed E-state index contributed by atoms with van der Waals surface area (Å²) >= 11 is 0. The monoisotopic (exact) mass is 295 g/mol. The molecular weight excluding hydrogens is 268 g/mol. The normalized spacial score (nSPS) is 19.0. The highest BCUT2D eigenvalue weighted by molar-refractivity contribution is 5.24. The maximum atomic E-state index is 14.2. The molecule has 0 radical (unpaired) electrons. The van der Waals surface area contributed by atoms with Crippen LogP contribution in [0, 0.1) is 17.6 Å². The van der Waals surface area contributed by atoms with Gasteiger partial charge < -0.3 is 5.32 Å². The molecule has 1 aliphatic carbocycles. The molecule has 21 heavy (non-hydrogen) atoms. The first-order chi connectivity index (χ1) is 10.2. The van der Waals surface area contributed by atoms with E-state index in [2.05, 4.69) is 12.2 Å². The molecule has 0 spiro atoms. The van der Waals surface area contributed by atoms with Gasteiger partial charge >= 0.3 is 0 Å². The fraction of sp³-hybridized carbons (Fsp3) is 0.667. The van der Waals surface area contributed by atoms with Crippen LogP contribution in [-0.4, -0.2) is 6.54 Å². The van der Waals surface area contributed by atoms with Crippen molar-refractivity contribution < 1.29 is 8.78 Å². The van der Waals surface area contributed by atoms with Crippen LogP contribution in [0.1, 0.15) is 69.9 Å². The maximum absolute atomic E-state index is 14.2. The summed E-state index contributed by atoms with van der Waals surface area (Å²) in [6.07, 6.45) is 9.24. The van der Waals surface area contributed by atoms with Gasteiger partial charge in [-0.3, -0.25) is 0 Å². The molecule has 2 rings (SSSR count). The van der Waals surface area contributed by atoms with Gasteiger partial charge in [0.05, 0.1) is 0 Å². The van der Waals surface area contributed by atoms with Gasteiger partial charge in [0.2, 0.25) is 0 Å². The summed E-state index contributed by atoms with van der Waals surface area (Å²) in [5, 5.41) is 3.41. The lowest BCUT2D eigenvalue weighted by molar-refractivity contribution is 0.277. The van der Waals surface area contributed by atoms with Crippen molar-refractivity contribution in [2.45, 2.75) is 64.3 Å². The average Bonchev–Trinajstić information content (AvgIpc) is 2.42. The van der Waals surface area contributed by atoms with Gasteiger partial charge in [-0.2, -0.15) is 0 Å². The zero-order chi connectivity index (χ0) is 15.1. The number of rotatable bonds is 5. The Kier molecular flexibility index (Phi) is 6.62. The Labute approximate surface area is 127 Å². The molecule has 1 saturated carbocycles. The molecule has 1 aromatic carbocycles. The third-order valence-corrected chi connectivity index (χ3v) is 4.55. The second-order valence-corrected chi connectivity index (χ2v) is 6.17. The second-order valence-electron chi connectivity index (χ2n) is 6.17. The first-order valence-corrected chi connectivity index (χ1v) is 8.41. The van der Waals surface area contributed by atoms with Crippen LogP contribution in [-0.2, 0) is 0 Å². The minimum Gasteiger partial charge on any atom is -0.310 e. The molecule has 118 valence electrons. The van der Waals surface area contributed by atoms with Crippen LogP contribution in [0.15, 0.2) is 18.2 Å². The molecule has 1 aliphatic rings. The van der Waals surface area contributed by atoms with Crippen LogP contribution in [0.25, 0.3) is 0 Å². The van der Waals surface area contributed by atoms with E-state index in [1.165, 1.54) is 50.3 Å². The Morgan fingerprint density at radius 1 is 1.05 bits per heavy atom. The van der Waals surface area contributed by atoms with E-state index in [0.717, 1.165) is 25.8 Å². The van der Waals surface area contributed by atoms with Gasteiger partial charge in [0, 0.05) is 11.6 Å². The molecule has 1 atom stereocenters. The van der Waals surface area contributed by atoms with Crippen molar-refractivity contribution in [2.24, 2.45) is 5.92 Å². The third-order valence-electron chi connectivity index (χ3n) is 4.55. The molecule has 1 aromatic rings. The van der Waals surface area contributed by atoms with Gasteiger partial charge in [-0.15, -0.1) is 0 Å². The van der Waals surface area contributed by atoms with Crippen molar-refractivity contribution in [3.8, 4) is 0 Å². The summed E-state index contributed by atoms with van der Waals surface area (Å²) in [4.78, 5) is 0. The quantitative estimate of drug-likeness (QED) is 0.770. The molecule has 1 fully saturated rings. The van der Waals surface area contributed by atoms with E-state index >= 15 is 0 Å². The van der Waals surface area contributed by atoms with E-state index in [9.17, 15) is 8.78 Å². The van der Waals surface area contributed by atoms with Gasteiger partial charge in [0.15, 0.2) is 0 Å². The molecule has 0 heterocycles. The van der Waals surface area contributed by atoms with Crippen LogP contribution in [0.3, 0.4) is 0 Å². The van der Waals surface area contributed by atoms with Crippen molar-refractivity contribution in [1.29, 1.82) is 0 Å². The van der Waals surface area contributed by atoms with E-state index < -0.39 is 11.6 Å². The fourth-order valence-electron chi connectivity index (χ4n) is 3.43. The molecule has 0 aliphatic heterocycles. The SMILES string of the molecule is CCCNC(c1c(F)cccc1F)C1CCCCCCC1. The lowest BCUT2D eigenvalue weighted by Crippen LogP contribution is -2.31. The van der Waals surface area contributed by atoms with Gasteiger partial charge in [0.25, 0.3) is 0 Å².